The average molecular weight is 397 g/mol. The van der Waals surface area contributed by atoms with Gasteiger partial charge in [0.25, 0.3) is 0 Å². The molecule has 1 aliphatic heterocycles. The van der Waals surface area contributed by atoms with Gasteiger partial charge >= 0.3 is 17.8 Å². The molecule has 4 amide bonds. The summed E-state index contributed by atoms with van der Waals surface area (Å²) in [5.41, 5.74) is 1.18. The van der Waals surface area contributed by atoms with Gasteiger partial charge in [-0.1, -0.05) is 12.1 Å². The van der Waals surface area contributed by atoms with E-state index in [0.29, 0.717) is 18.0 Å². The fourth-order valence-corrected chi connectivity index (χ4v) is 3.33. The Morgan fingerprint density at radius 3 is 2.24 bits per heavy atom. The van der Waals surface area contributed by atoms with Crippen molar-refractivity contribution in [2.45, 2.75) is 25.4 Å². The van der Waals surface area contributed by atoms with E-state index in [4.69, 9.17) is 4.74 Å². The number of urea groups is 1. The van der Waals surface area contributed by atoms with E-state index in [1.165, 1.54) is 19.2 Å². The number of rotatable bonds is 7. The molecule has 150 valence electrons. The van der Waals surface area contributed by atoms with Crippen molar-refractivity contribution in [1.29, 1.82) is 0 Å². The Morgan fingerprint density at radius 2 is 1.66 bits per heavy atom. The van der Waals surface area contributed by atoms with Crippen molar-refractivity contribution in [2.24, 2.45) is 0 Å². The van der Waals surface area contributed by atoms with Crippen molar-refractivity contribution in [2.75, 3.05) is 18.7 Å². The number of halogens is 1. The number of hydrogen-bond donors (Lipinski definition) is 0. The van der Waals surface area contributed by atoms with Gasteiger partial charge in [-0.2, -0.15) is 0 Å². The molecule has 1 saturated carbocycles. The molecular weight excluding hydrogens is 377 g/mol. The van der Waals surface area contributed by atoms with Crippen LogP contribution in [-0.2, 0) is 16.1 Å². The predicted molar refractivity (Wildman–Crippen MR) is 103 cm³/mol. The molecule has 0 bridgehead atoms. The third kappa shape index (κ3) is 3.84. The molecule has 0 unspecified atom stereocenters. The van der Waals surface area contributed by atoms with E-state index in [2.05, 4.69) is 0 Å². The first-order chi connectivity index (χ1) is 14.0. The van der Waals surface area contributed by atoms with Crippen LogP contribution in [0, 0.1) is 5.82 Å². The monoisotopic (exact) mass is 397 g/mol. The van der Waals surface area contributed by atoms with E-state index < -0.39 is 17.8 Å². The zero-order valence-corrected chi connectivity index (χ0v) is 15.9. The summed E-state index contributed by atoms with van der Waals surface area (Å²) >= 11 is 0. The van der Waals surface area contributed by atoms with Crippen LogP contribution in [0.2, 0.25) is 0 Å². The molecule has 2 aromatic rings. The van der Waals surface area contributed by atoms with Gasteiger partial charge in [-0.3, -0.25) is 14.5 Å². The second-order valence-corrected chi connectivity index (χ2v) is 7.10. The molecule has 1 aliphatic carbocycles. The molecule has 0 atom stereocenters. The third-order valence-electron chi connectivity index (χ3n) is 5.07. The molecule has 0 N–H and O–H groups in total. The molecule has 1 heterocycles. The summed E-state index contributed by atoms with van der Waals surface area (Å²) in [6, 6.07) is 12.0. The lowest BCUT2D eigenvalue weighted by Gasteiger charge is -2.26. The molecular formula is C21H20FN3O4. The number of benzene rings is 2. The highest BCUT2D eigenvalue weighted by Crippen LogP contribution is 2.30. The van der Waals surface area contributed by atoms with Crippen LogP contribution in [-0.4, -0.2) is 47.5 Å². The number of carbonyl (C=O) groups excluding carboxylic acids is 3. The Kier molecular flexibility index (Phi) is 5.02. The largest absolute Gasteiger partial charge is 0.497 e. The maximum Gasteiger partial charge on any atom is 0.340 e. The quantitative estimate of drug-likeness (QED) is 0.531. The van der Waals surface area contributed by atoms with Crippen LogP contribution in [0.15, 0.2) is 48.5 Å². The van der Waals surface area contributed by atoms with Crippen LogP contribution < -0.4 is 9.64 Å². The number of carbonyl (C=O) groups is 3. The lowest BCUT2D eigenvalue weighted by molar-refractivity contribution is -0.140. The normalized spacial score (nSPS) is 16.9. The molecule has 2 aliphatic rings. The highest BCUT2D eigenvalue weighted by molar-refractivity contribution is 6.52. The SMILES string of the molecule is COc1ccc(N2C(=O)C(=O)N(CN(Cc3ccc(F)cc3)C3CC3)C2=O)cc1. The van der Waals surface area contributed by atoms with Crippen LogP contribution in [0.5, 0.6) is 5.75 Å². The summed E-state index contributed by atoms with van der Waals surface area (Å²) in [6.07, 6.45) is 1.90. The standard InChI is InChI=1S/C21H20FN3O4/c1-29-18-10-8-17(9-11-18)25-20(27)19(26)24(21(25)28)13-23(16-6-7-16)12-14-2-4-15(22)5-3-14/h2-5,8-11,16H,6-7,12-13H2,1H3. The van der Waals surface area contributed by atoms with Crippen molar-refractivity contribution in [3.63, 3.8) is 0 Å². The molecule has 8 heteroatoms. The fraction of sp³-hybridized carbons (Fsp3) is 0.286. The Balaban J connectivity index is 1.52. The van der Waals surface area contributed by atoms with Gasteiger partial charge in [0.2, 0.25) is 0 Å². The summed E-state index contributed by atoms with van der Waals surface area (Å²) in [6.45, 7) is 0.469. The smallest absolute Gasteiger partial charge is 0.340 e. The maximum atomic E-state index is 13.2. The van der Waals surface area contributed by atoms with Crippen molar-refractivity contribution in [3.8, 4) is 5.75 Å². The molecule has 1 saturated heterocycles. The van der Waals surface area contributed by atoms with Crippen molar-refractivity contribution >= 4 is 23.5 Å². The average Bonchev–Trinajstić information content (AvgIpc) is 3.55. The van der Waals surface area contributed by atoms with E-state index in [1.807, 2.05) is 4.90 Å². The minimum atomic E-state index is -0.877. The van der Waals surface area contributed by atoms with Crippen LogP contribution >= 0.6 is 0 Å². The first kappa shape index (κ1) is 19.1. The Hall–Kier alpha value is -3.26. The number of amides is 4. The number of imide groups is 2. The fourth-order valence-electron chi connectivity index (χ4n) is 3.33. The summed E-state index contributed by atoms with van der Waals surface area (Å²) in [7, 11) is 1.51. The number of nitrogens with zero attached hydrogens (tertiary/aromatic N) is 3. The highest BCUT2D eigenvalue weighted by Gasteiger charge is 2.47. The second kappa shape index (κ2) is 7.63. The van der Waals surface area contributed by atoms with Gasteiger partial charge in [-0.25, -0.2) is 19.0 Å². The minimum absolute atomic E-state index is 0.0120. The van der Waals surface area contributed by atoms with Gasteiger partial charge in [-0.05, 0) is 54.8 Å². The number of hydrogen-bond acceptors (Lipinski definition) is 5. The number of anilines is 1. The predicted octanol–water partition coefficient (Wildman–Crippen LogP) is 2.75. The number of ether oxygens (including phenoxy) is 1. The Morgan fingerprint density at radius 1 is 1.00 bits per heavy atom. The summed E-state index contributed by atoms with van der Waals surface area (Å²) in [4.78, 5) is 41.6. The van der Waals surface area contributed by atoms with E-state index in [1.54, 1.807) is 36.4 Å². The molecule has 0 radical (unpaired) electrons. The zero-order chi connectivity index (χ0) is 20.5. The lowest BCUT2D eigenvalue weighted by Crippen LogP contribution is -2.43. The number of methoxy groups -OCH3 is 1. The van der Waals surface area contributed by atoms with Crippen LogP contribution in [0.25, 0.3) is 0 Å². The van der Waals surface area contributed by atoms with Gasteiger partial charge in [-0.15, -0.1) is 0 Å². The van der Waals surface area contributed by atoms with Crippen molar-refractivity contribution in [1.82, 2.24) is 9.80 Å². The molecule has 4 rings (SSSR count). The molecule has 2 fully saturated rings. The van der Waals surface area contributed by atoms with E-state index >= 15 is 0 Å². The van der Waals surface area contributed by atoms with Gasteiger partial charge in [0.1, 0.15) is 11.6 Å². The van der Waals surface area contributed by atoms with E-state index in [-0.39, 0.29) is 18.5 Å². The van der Waals surface area contributed by atoms with Gasteiger partial charge in [0.05, 0.1) is 19.5 Å². The van der Waals surface area contributed by atoms with Gasteiger partial charge in [0, 0.05) is 12.6 Å². The van der Waals surface area contributed by atoms with E-state index in [0.717, 1.165) is 28.2 Å². The lowest BCUT2D eigenvalue weighted by atomic mass is 10.2. The first-order valence-corrected chi connectivity index (χ1v) is 9.30. The van der Waals surface area contributed by atoms with Crippen LogP contribution in [0.4, 0.5) is 14.9 Å². The summed E-state index contributed by atoms with van der Waals surface area (Å²) in [5, 5.41) is 0. The molecule has 7 nitrogen and oxygen atoms in total. The zero-order valence-electron chi connectivity index (χ0n) is 15.9. The Bertz CT molecular complexity index is 941. The summed E-state index contributed by atoms with van der Waals surface area (Å²) < 4.78 is 18.2. The second-order valence-electron chi connectivity index (χ2n) is 7.10. The van der Waals surface area contributed by atoms with Crippen LogP contribution in [0.3, 0.4) is 0 Å². The van der Waals surface area contributed by atoms with Crippen molar-refractivity contribution < 1.29 is 23.5 Å². The minimum Gasteiger partial charge on any atom is -0.497 e. The molecule has 2 aromatic carbocycles. The van der Waals surface area contributed by atoms with Gasteiger partial charge in [0.15, 0.2) is 0 Å². The first-order valence-electron chi connectivity index (χ1n) is 9.30. The molecule has 0 spiro atoms. The molecule has 0 aromatic heterocycles. The molecule has 29 heavy (non-hydrogen) atoms. The van der Waals surface area contributed by atoms with Gasteiger partial charge < -0.3 is 4.74 Å². The van der Waals surface area contributed by atoms with Crippen LogP contribution in [0.1, 0.15) is 18.4 Å². The summed E-state index contributed by atoms with van der Waals surface area (Å²) in [5.74, 6) is -1.47. The van der Waals surface area contributed by atoms with E-state index in [9.17, 15) is 18.8 Å². The maximum absolute atomic E-state index is 13.2. The Labute approximate surface area is 167 Å². The highest BCUT2D eigenvalue weighted by atomic mass is 19.1. The van der Waals surface area contributed by atoms with Crippen molar-refractivity contribution in [3.05, 3.63) is 59.9 Å². The third-order valence-corrected chi connectivity index (χ3v) is 5.07. The topological polar surface area (TPSA) is 70.2 Å².